The van der Waals surface area contributed by atoms with Gasteiger partial charge < -0.3 is 20.3 Å². The van der Waals surface area contributed by atoms with Gasteiger partial charge in [-0.2, -0.15) is 0 Å². The second-order valence-electron chi connectivity index (χ2n) is 21.9. The van der Waals surface area contributed by atoms with Crippen molar-refractivity contribution in [1.29, 1.82) is 0 Å². The van der Waals surface area contributed by atoms with Gasteiger partial charge in [0.15, 0.2) is 0 Å². The molecule has 71 heavy (non-hydrogen) atoms. The lowest BCUT2D eigenvalue weighted by Crippen LogP contribution is -2.46. The molecule has 0 aromatic heterocycles. The van der Waals surface area contributed by atoms with Gasteiger partial charge in [-0.3, -0.25) is 9.59 Å². The zero-order chi connectivity index (χ0) is 51.6. The Morgan fingerprint density at radius 3 is 1.07 bits per heavy atom. The first-order valence-electron chi connectivity index (χ1n) is 31.7. The van der Waals surface area contributed by atoms with E-state index in [1.807, 2.05) is 0 Å². The summed E-state index contributed by atoms with van der Waals surface area (Å²) >= 11 is 0. The molecule has 0 heterocycles. The number of rotatable bonds is 58. The summed E-state index contributed by atoms with van der Waals surface area (Å²) in [5, 5.41) is 24.0. The van der Waals surface area contributed by atoms with Crippen molar-refractivity contribution in [1.82, 2.24) is 5.32 Å². The first kappa shape index (κ1) is 69.1. The Balaban J connectivity index is 4.54. The molecule has 0 rings (SSSR count). The molecular formula is C65H123NO5. The minimum absolute atomic E-state index is 0.0745. The quantitative estimate of drug-likeness (QED) is 0.0321. The minimum atomic E-state index is -0.791. The molecule has 6 heteroatoms. The Morgan fingerprint density at radius 1 is 0.408 bits per heavy atom. The predicted molar refractivity (Wildman–Crippen MR) is 310 cm³/mol. The summed E-state index contributed by atoms with van der Waals surface area (Å²) in [6, 6.07) is -0.705. The summed E-state index contributed by atoms with van der Waals surface area (Å²) in [6.07, 6.45) is 72.1. The molecule has 3 atom stereocenters. The molecule has 0 aromatic carbocycles. The first-order valence-corrected chi connectivity index (χ1v) is 31.7. The van der Waals surface area contributed by atoms with Gasteiger partial charge in [0.1, 0.15) is 6.10 Å². The van der Waals surface area contributed by atoms with Crippen molar-refractivity contribution in [2.75, 3.05) is 6.61 Å². The Kier molecular flexibility index (Phi) is 57.4. The number of nitrogens with one attached hydrogen (secondary N) is 1. The van der Waals surface area contributed by atoms with E-state index in [4.69, 9.17) is 4.74 Å². The van der Waals surface area contributed by atoms with Gasteiger partial charge >= 0.3 is 5.97 Å². The van der Waals surface area contributed by atoms with Crippen molar-refractivity contribution in [3.63, 3.8) is 0 Å². The van der Waals surface area contributed by atoms with Crippen molar-refractivity contribution in [2.45, 2.75) is 360 Å². The number of carbonyl (C=O) groups is 2. The minimum Gasteiger partial charge on any atom is -0.462 e. The highest BCUT2D eigenvalue weighted by atomic mass is 16.5. The monoisotopic (exact) mass is 998 g/mol. The topological polar surface area (TPSA) is 95.9 Å². The van der Waals surface area contributed by atoms with Crippen LogP contribution in [0.25, 0.3) is 0 Å². The van der Waals surface area contributed by atoms with Crippen molar-refractivity contribution in [3.05, 3.63) is 36.5 Å². The molecule has 6 nitrogen and oxygen atoms in total. The largest absolute Gasteiger partial charge is 0.462 e. The van der Waals surface area contributed by atoms with Crippen LogP contribution in [0.5, 0.6) is 0 Å². The van der Waals surface area contributed by atoms with E-state index in [1.165, 1.54) is 231 Å². The van der Waals surface area contributed by atoms with E-state index >= 15 is 0 Å². The fourth-order valence-electron chi connectivity index (χ4n) is 9.97. The maximum absolute atomic E-state index is 13.3. The number of unbranched alkanes of at least 4 members (excludes halogenated alkanes) is 42. The molecule has 0 aliphatic rings. The van der Waals surface area contributed by atoms with E-state index in [0.29, 0.717) is 19.3 Å². The average molecular weight is 999 g/mol. The molecule has 0 spiro atoms. The zero-order valence-electron chi connectivity index (χ0n) is 47.9. The van der Waals surface area contributed by atoms with Crippen molar-refractivity contribution >= 4 is 11.9 Å². The third kappa shape index (κ3) is 54.2. The predicted octanol–water partition coefficient (Wildman–Crippen LogP) is 20.0. The fourth-order valence-corrected chi connectivity index (χ4v) is 9.97. The third-order valence-corrected chi connectivity index (χ3v) is 14.8. The fraction of sp³-hybridized carbons (Fsp3) is 0.877. The Labute approximate surface area is 443 Å². The molecule has 418 valence electrons. The van der Waals surface area contributed by atoms with Gasteiger partial charge in [0.25, 0.3) is 0 Å². The number of esters is 1. The van der Waals surface area contributed by atoms with Gasteiger partial charge in [-0.15, -0.1) is 0 Å². The highest BCUT2D eigenvalue weighted by molar-refractivity contribution is 5.77. The van der Waals surface area contributed by atoms with Crippen molar-refractivity contribution in [2.24, 2.45) is 0 Å². The summed E-state index contributed by atoms with van der Waals surface area (Å²) in [7, 11) is 0. The highest BCUT2D eigenvalue weighted by Crippen LogP contribution is 2.19. The average Bonchev–Trinajstić information content (AvgIpc) is 3.36. The smallest absolute Gasteiger partial charge is 0.306 e. The summed E-state index contributed by atoms with van der Waals surface area (Å²) in [5.74, 6) is -0.475. The van der Waals surface area contributed by atoms with Crippen LogP contribution >= 0.6 is 0 Å². The van der Waals surface area contributed by atoms with Crippen LogP contribution in [0.4, 0.5) is 0 Å². The van der Waals surface area contributed by atoms with E-state index in [2.05, 4.69) is 62.5 Å². The Bertz CT molecular complexity index is 1170. The van der Waals surface area contributed by atoms with E-state index in [1.54, 1.807) is 0 Å². The molecule has 3 unspecified atom stereocenters. The van der Waals surface area contributed by atoms with Crippen LogP contribution in [-0.4, -0.2) is 46.9 Å². The van der Waals surface area contributed by atoms with Gasteiger partial charge in [0.05, 0.1) is 25.2 Å². The summed E-state index contributed by atoms with van der Waals surface area (Å²) in [6.45, 7) is 6.52. The second kappa shape index (κ2) is 59.0. The number of carbonyl (C=O) groups excluding carboxylic acids is 2. The number of hydrogen-bond donors (Lipinski definition) is 3. The Morgan fingerprint density at radius 2 is 0.718 bits per heavy atom. The summed E-state index contributed by atoms with van der Waals surface area (Å²) < 4.78 is 5.98. The molecule has 0 saturated carbocycles. The molecule has 0 aliphatic heterocycles. The van der Waals surface area contributed by atoms with E-state index in [9.17, 15) is 19.8 Å². The molecule has 0 fully saturated rings. The molecule has 0 bridgehead atoms. The standard InChI is InChI=1S/C65H123NO5/c1-4-7-10-13-16-19-22-25-28-31-34-37-40-43-46-49-52-55-58-65(70)71-61(56-53-50-47-44-41-38-35-32-29-26-23-20-17-14-11-8-5-2)59-64(69)66-62(60-67)63(68)57-54-51-48-45-42-39-36-33-30-27-24-21-18-15-12-9-6-3/h22,25,28,31,34,37,61-63,67-68H,4-21,23-24,26-27,29-30,32-33,35-36,38-60H2,1-3H3,(H,66,69)/b25-22+,31-28+,37-34+. The lowest BCUT2D eigenvalue weighted by atomic mass is 10.0. The molecule has 1 amide bonds. The summed E-state index contributed by atoms with van der Waals surface area (Å²) in [4.78, 5) is 26.4. The van der Waals surface area contributed by atoms with Crippen LogP contribution in [0.1, 0.15) is 342 Å². The van der Waals surface area contributed by atoms with Crippen LogP contribution in [-0.2, 0) is 14.3 Å². The normalized spacial score (nSPS) is 13.3. The SMILES string of the molecule is CCCCCCC/C=C/C=C/C=C/CCCCCCCC(=O)OC(CCCCCCCCCCCCCCCCCCC)CC(=O)NC(CO)C(O)CCCCCCCCCCCCCCCCCCC. The first-order chi connectivity index (χ1) is 35.0. The number of aliphatic hydroxyl groups excluding tert-OH is 2. The number of hydrogen-bond acceptors (Lipinski definition) is 5. The maximum Gasteiger partial charge on any atom is 0.306 e. The molecule has 0 saturated heterocycles. The van der Waals surface area contributed by atoms with Gasteiger partial charge in [-0.1, -0.05) is 314 Å². The van der Waals surface area contributed by atoms with Gasteiger partial charge in [-0.25, -0.2) is 0 Å². The molecule has 0 aromatic rings. The highest BCUT2D eigenvalue weighted by Gasteiger charge is 2.24. The van der Waals surface area contributed by atoms with Crippen LogP contribution in [0.3, 0.4) is 0 Å². The van der Waals surface area contributed by atoms with Crippen LogP contribution in [0, 0.1) is 0 Å². The number of ether oxygens (including phenoxy) is 1. The van der Waals surface area contributed by atoms with Crippen LogP contribution < -0.4 is 5.32 Å². The van der Waals surface area contributed by atoms with E-state index in [0.717, 1.165) is 64.2 Å². The second-order valence-corrected chi connectivity index (χ2v) is 21.9. The molecule has 0 radical (unpaired) electrons. The zero-order valence-corrected chi connectivity index (χ0v) is 47.9. The third-order valence-electron chi connectivity index (χ3n) is 14.8. The van der Waals surface area contributed by atoms with E-state index < -0.39 is 18.2 Å². The van der Waals surface area contributed by atoms with Gasteiger partial charge in [0, 0.05) is 6.42 Å². The number of allylic oxidation sites excluding steroid dienone is 6. The van der Waals surface area contributed by atoms with Gasteiger partial charge in [0.2, 0.25) is 5.91 Å². The summed E-state index contributed by atoms with van der Waals surface area (Å²) in [5.41, 5.74) is 0. The molecular weight excluding hydrogens is 875 g/mol. The van der Waals surface area contributed by atoms with Crippen molar-refractivity contribution < 1.29 is 24.5 Å². The van der Waals surface area contributed by atoms with Crippen LogP contribution in [0.15, 0.2) is 36.5 Å². The lowest BCUT2D eigenvalue weighted by Gasteiger charge is -2.24. The van der Waals surface area contributed by atoms with E-state index in [-0.39, 0.29) is 24.9 Å². The van der Waals surface area contributed by atoms with Crippen LogP contribution in [0.2, 0.25) is 0 Å². The number of aliphatic hydroxyl groups is 2. The Hall–Kier alpha value is -1.92. The molecule has 3 N–H and O–H groups in total. The maximum atomic E-state index is 13.3. The lowest BCUT2D eigenvalue weighted by molar-refractivity contribution is -0.151. The van der Waals surface area contributed by atoms with Gasteiger partial charge in [-0.05, 0) is 51.4 Å². The van der Waals surface area contributed by atoms with Crippen molar-refractivity contribution in [3.8, 4) is 0 Å². The molecule has 0 aliphatic carbocycles. The number of amides is 1.